The van der Waals surface area contributed by atoms with Gasteiger partial charge in [0.1, 0.15) is 0 Å². The van der Waals surface area contributed by atoms with Gasteiger partial charge in [0.25, 0.3) is 0 Å². The van der Waals surface area contributed by atoms with Crippen molar-refractivity contribution in [3.63, 3.8) is 0 Å². The molecule has 0 saturated heterocycles. The zero-order valence-electron chi connectivity index (χ0n) is 6.91. The van der Waals surface area contributed by atoms with E-state index in [2.05, 4.69) is 19.9 Å². The third kappa shape index (κ3) is 6.52. The second-order valence-corrected chi connectivity index (χ2v) is 1.79. The highest BCUT2D eigenvalue weighted by molar-refractivity contribution is 4.71. The fraction of sp³-hybridized carbons (Fsp3) is 0. The molecule has 68 valence electrons. The summed E-state index contributed by atoms with van der Waals surface area (Å²) in [6, 6.07) is 0. The van der Waals surface area contributed by atoms with Crippen LogP contribution in [-0.4, -0.2) is 25.4 Å². The summed E-state index contributed by atoms with van der Waals surface area (Å²) in [5.41, 5.74) is 0. The van der Waals surface area contributed by atoms with Gasteiger partial charge in [0.2, 0.25) is 0 Å². The molecule has 0 aliphatic heterocycles. The van der Waals surface area contributed by atoms with Gasteiger partial charge in [-0.15, -0.1) is 0 Å². The molecule has 2 N–H and O–H groups in total. The van der Waals surface area contributed by atoms with Crippen LogP contribution in [0.15, 0.2) is 49.6 Å². The van der Waals surface area contributed by atoms with Crippen molar-refractivity contribution in [1.82, 2.24) is 19.9 Å². The Kier molecular flexibility index (Phi) is 7.03. The third-order valence-corrected chi connectivity index (χ3v) is 0.955. The maximum absolute atomic E-state index is 3.72. The Labute approximate surface area is 75.9 Å². The van der Waals surface area contributed by atoms with E-state index in [0.29, 0.717) is 0 Å². The minimum Gasteiger partial charge on any atom is -0.412 e. The first-order valence-corrected chi connectivity index (χ1v) is 3.40. The van der Waals surface area contributed by atoms with Gasteiger partial charge < -0.3 is 5.48 Å². The summed E-state index contributed by atoms with van der Waals surface area (Å²) in [6.07, 6.45) is 13.1. The molecule has 0 aliphatic rings. The lowest BCUT2D eigenvalue weighted by Gasteiger charge is -1.70. The van der Waals surface area contributed by atoms with Gasteiger partial charge in [-0.25, -0.2) is 0 Å². The largest absolute Gasteiger partial charge is 0.412 e. The van der Waals surface area contributed by atoms with Gasteiger partial charge in [-0.3, -0.25) is 19.9 Å². The van der Waals surface area contributed by atoms with Crippen LogP contribution in [0.3, 0.4) is 0 Å². The molecule has 0 amide bonds. The van der Waals surface area contributed by atoms with Gasteiger partial charge in [0.05, 0.1) is 0 Å². The first-order chi connectivity index (χ1) is 6.00. The molecule has 0 atom stereocenters. The van der Waals surface area contributed by atoms with Crippen molar-refractivity contribution in [3.8, 4) is 0 Å². The topological polar surface area (TPSA) is 83.1 Å². The molecule has 0 saturated carbocycles. The molecule has 0 spiro atoms. The molecule has 13 heavy (non-hydrogen) atoms. The maximum Gasteiger partial charge on any atom is 0.0451 e. The van der Waals surface area contributed by atoms with E-state index >= 15 is 0 Å². The van der Waals surface area contributed by atoms with Gasteiger partial charge in [0, 0.05) is 49.6 Å². The molecule has 2 rings (SSSR count). The molecular weight excluding hydrogens is 168 g/mol. The molecule has 0 aromatic carbocycles. The normalized spacial score (nSPS) is 7.38. The van der Waals surface area contributed by atoms with E-state index < -0.39 is 0 Å². The highest BCUT2D eigenvalue weighted by Gasteiger charge is 1.59. The third-order valence-electron chi connectivity index (χ3n) is 0.955. The van der Waals surface area contributed by atoms with Crippen molar-refractivity contribution in [1.29, 1.82) is 0 Å². The fourth-order valence-electron chi connectivity index (χ4n) is 0.507. The van der Waals surface area contributed by atoms with Crippen LogP contribution < -0.4 is 0 Å². The van der Waals surface area contributed by atoms with Crippen molar-refractivity contribution in [2.75, 3.05) is 0 Å². The highest BCUT2D eigenvalue weighted by Crippen LogP contribution is 1.66. The fourth-order valence-corrected chi connectivity index (χ4v) is 0.507. The lowest BCUT2D eigenvalue weighted by molar-refractivity contribution is 0.824. The van der Waals surface area contributed by atoms with Gasteiger partial charge in [-0.2, -0.15) is 0 Å². The van der Waals surface area contributed by atoms with Crippen molar-refractivity contribution in [2.24, 2.45) is 0 Å². The average molecular weight is 178 g/mol. The maximum atomic E-state index is 3.72. The number of nitrogens with zero attached hydrogens (tertiary/aromatic N) is 4. The first-order valence-electron chi connectivity index (χ1n) is 3.40. The standard InChI is InChI=1S/2C4H4N2.H2O/c2*1-2-6-4-3-5-1;/h2*1-4H;1H2. The number of hydrogen-bond donors (Lipinski definition) is 0. The molecule has 0 unspecified atom stereocenters. The molecule has 0 aliphatic carbocycles. The molecule has 5 heteroatoms. The Balaban J connectivity index is 0.000000206. The van der Waals surface area contributed by atoms with E-state index in [-0.39, 0.29) is 5.48 Å². The summed E-state index contributed by atoms with van der Waals surface area (Å²) >= 11 is 0. The Morgan fingerprint density at radius 2 is 0.538 bits per heavy atom. The van der Waals surface area contributed by atoms with Gasteiger partial charge in [-0.05, 0) is 0 Å². The van der Waals surface area contributed by atoms with Crippen LogP contribution in [-0.2, 0) is 0 Å². The molecular formula is C8H10N4O. The molecule has 0 radical (unpaired) electrons. The number of aromatic nitrogens is 4. The van der Waals surface area contributed by atoms with E-state index in [9.17, 15) is 0 Å². The predicted octanol–water partition coefficient (Wildman–Crippen LogP) is 0.128. The molecule has 5 nitrogen and oxygen atoms in total. The summed E-state index contributed by atoms with van der Waals surface area (Å²) in [7, 11) is 0. The minimum atomic E-state index is 0. The van der Waals surface area contributed by atoms with Crippen LogP contribution in [0.25, 0.3) is 0 Å². The van der Waals surface area contributed by atoms with Crippen LogP contribution in [0.1, 0.15) is 0 Å². The lowest BCUT2D eigenvalue weighted by Crippen LogP contribution is -1.66. The van der Waals surface area contributed by atoms with Crippen LogP contribution in [0.5, 0.6) is 0 Å². The average Bonchev–Trinajstić information content (AvgIpc) is 2.24. The Morgan fingerprint density at radius 3 is 0.615 bits per heavy atom. The van der Waals surface area contributed by atoms with E-state index in [1.165, 1.54) is 0 Å². The smallest absolute Gasteiger partial charge is 0.0451 e. The number of hydrogen-bond acceptors (Lipinski definition) is 4. The van der Waals surface area contributed by atoms with Crippen LogP contribution in [0.4, 0.5) is 0 Å². The van der Waals surface area contributed by atoms with Crippen LogP contribution in [0, 0.1) is 0 Å². The Morgan fingerprint density at radius 1 is 0.385 bits per heavy atom. The summed E-state index contributed by atoms with van der Waals surface area (Å²) in [5.74, 6) is 0. The number of rotatable bonds is 0. The summed E-state index contributed by atoms with van der Waals surface area (Å²) < 4.78 is 0. The highest BCUT2D eigenvalue weighted by atomic mass is 16.0. The SMILES string of the molecule is O.c1cnccn1.c1cnccn1. The molecule has 0 fully saturated rings. The van der Waals surface area contributed by atoms with Crippen LogP contribution >= 0.6 is 0 Å². The van der Waals surface area contributed by atoms with Crippen molar-refractivity contribution in [3.05, 3.63) is 49.6 Å². The Hall–Kier alpha value is -1.88. The second-order valence-electron chi connectivity index (χ2n) is 1.79. The van der Waals surface area contributed by atoms with Crippen LogP contribution in [0.2, 0.25) is 0 Å². The molecule has 2 aromatic rings. The summed E-state index contributed by atoms with van der Waals surface area (Å²) in [4.78, 5) is 14.9. The van der Waals surface area contributed by atoms with Gasteiger partial charge in [0.15, 0.2) is 0 Å². The molecule has 0 bridgehead atoms. The zero-order chi connectivity index (χ0) is 8.49. The monoisotopic (exact) mass is 178 g/mol. The van der Waals surface area contributed by atoms with E-state index in [0.717, 1.165) is 0 Å². The molecule has 2 aromatic heterocycles. The van der Waals surface area contributed by atoms with E-state index in [1.807, 2.05) is 0 Å². The quantitative estimate of drug-likeness (QED) is 0.574. The summed E-state index contributed by atoms with van der Waals surface area (Å²) in [5, 5.41) is 0. The molecule has 2 heterocycles. The van der Waals surface area contributed by atoms with Crippen molar-refractivity contribution >= 4 is 0 Å². The zero-order valence-corrected chi connectivity index (χ0v) is 6.91. The van der Waals surface area contributed by atoms with E-state index in [1.54, 1.807) is 49.6 Å². The lowest BCUT2D eigenvalue weighted by atomic mass is 10.8. The van der Waals surface area contributed by atoms with Gasteiger partial charge >= 0.3 is 0 Å². The first kappa shape index (κ1) is 11.1. The Bertz CT molecular complexity index is 192. The van der Waals surface area contributed by atoms with Crippen molar-refractivity contribution < 1.29 is 5.48 Å². The van der Waals surface area contributed by atoms with Gasteiger partial charge in [-0.1, -0.05) is 0 Å². The van der Waals surface area contributed by atoms with Crippen molar-refractivity contribution in [2.45, 2.75) is 0 Å². The van der Waals surface area contributed by atoms with E-state index in [4.69, 9.17) is 0 Å². The predicted molar refractivity (Wildman–Crippen MR) is 47.7 cm³/mol. The minimum absolute atomic E-state index is 0. The summed E-state index contributed by atoms with van der Waals surface area (Å²) in [6.45, 7) is 0. The second kappa shape index (κ2) is 8.22.